The molecule has 0 saturated heterocycles. The van der Waals surface area contributed by atoms with E-state index in [1.165, 1.54) is 83.5 Å². The molecule has 1 atom stereocenters. The molecule has 2 N–H and O–H groups in total. The van der Waals surface area contributed by atoms with E-state index < -0.39 is 12.0 Å². The fraction of sp³-hybridized carbons (Fsp3) is 0.720. The largest absolute Gasteiger partial charge is 0.480 e. The van der Waals surface area contributed by atoms with E-state index in [0.29, 0.717) is 6.42 Å². The summed E-state index contributed by atoms with van der Waals surface area (Å²) >= 11 is 0. The van der Waals surface area contributed by atoms with Crippen molar-refractivity contribution in [1.29, 1.82) is 0 Å². The zero-order valence-corrected chi connectivity index (χ0v) is 18.1. The highest BCUT2D eigenvalue weighted by molar-refractivity contribution is 5.73. The summed E-state index contributed by atoms with van der Waals surface area (Å²) in [7, 11) is 0. The zero-order valence-electron chi connectivity index (χ0n) is 18.1. The number of carbonyl (C=O) groups is 1. The number of benzene rings is 1. The van der Waals surface area contributed by atoms with Gasteiger partial charge in [0, 0.05) is 0 Å². The van der Waals surface area contributed by atoms with Gasteiger partial charge in [-0.1, -0.05) is 121 Å². The van der Waals surface area contributed by atoms with Crippen molar-refractivity contribution in [3.05, 3.63) is 35.9 Å². The maximum atomic E-state index is 11.4. The highest BCUT2D eigenvalue weighted by Gasteiger charge is 2.16. The number of carboxylic acids is 1. The van der Waals surface area contributed by atoms with Crippen LogP contribution in [0.4, 0.5) is 0 Å². The molecule has 0 amide bonds. The quantitative estimate of drug-likeness (QED) is 0.257. The topological polar surface area (TPSA) is 49.3 Å². The van der Waals surface area contributed by atoms with E-state index in [2.05, 4.69) is 12.2 Å². The Labute approximate surface area is 173 Å². The minimum atomic E-state index is -0.755. The number of hydrogen-bond donors (Lipinski definition) is 2. The summed E-state index contributed by atoms with van der Waals surface area (Å²) in [6, 6.07) is 9.38. The Morgan fingerprint density at radius 3 is 1.71 bits per heavy atom. The molecule has 1 aromatic carbocycles. The fourth-order valence-corrected chi connectivity index (χ4v) is 3.69. The van der Waals surface area contributed by atoms with Crippen molar-refractivity contribution >= 4 is 5.97 Å². The molecule has 0 unspecified atom stereocenters. The van der Waals surface area contributed by atoms with E-state index in [4.69, 9.17) is 0 Å². The molecule has 0 heterocycles. The molecule has 160 valence electrons. The van der Waals surface area contributed by atoms with Gasteiger partial charge in [0.15, 0.2) is 0 Å². The first kappa shape index (κ1) is 24.7. The summed E-state index contributed by atoms with van der Waals surface area (Å²) in [5.74, 6) is -0.755. The van der Waals surface area contributed by atoms with Gasteiger partial charge in [0.2, 0.25) is 0 Å². The highest BCUT2D eigenvalue weighted by atomic mass is 16.4. The Morgan fingerprint density at radius 2 is 1.25 bits per heavy atom. The van der Waals surface area contributed by atoms with Crippen molar-refractivity contribution in [3.63, 3.8) is 0 Å². The Kier molecular flexibility index (Phi) is 15.6. The van der Waals surface area contributed by atoms with Crippen molar-refractivity contribution in [2.45, 2.75) is 109 Å². The van der Waals surface area contributed by atoms with E-state index in [9.17, 15) is 9.90 Å². The molecule has 1 rings (SSSR count). The normalized spacial score (nSPS) is 12.2. The molecule has 0 bridgehead atoms. The predicted molar refractivity (Wildman–Crippen MR) is 120 cm³/mol. The molecule has 0 radical (unpaired) electrons. The van der Waals surface area contributed by atoms with Gasteiger partial charge in [-0.3, -0.25) is 4.79 Å². The first-order valence-corrected chi connectivity index (χ1v) is 11.7. The molecule has 0 spiro atoms. The van der Waals surface area contributed by atoms with Gasteiger partial charge in [-0.05, 0) is 24.9 Å². The Morgan fingerprint density at radius 1 is 0.786 bits per heavy atom. The maximum absolute atomic E-state index is 11.4. The summed E-state index contributed by atoms with van der Waals surface area (Å²) in [6.45, 7) is 3.07. The molecule has 0 aliphatic heterocycles. The molecular formula is C25H43NO2. The standard InChI is InChI=1S/C25H43NO2/c1-2-3-4-5-6-7-8-9-10-11-12-13-14-18-21-26-24(25(27)28)22-23-19-16-15-17-20-23/h15-17,19-20,24,26H,2-14,18,21-22H2,1H3,(H,27,28)/t24-/m1/s1. The van der Waals surface area contributed by atoms with Crippen molar-refractivity contribution in [2.24, 2.45) is 0 Å². The average Bonchev–Trinajstić information content (AvgIpc) is 2.70. The van der Waals surface area contributed by atoms with E-state index in [-0.39, 0.29) is 0 Å². The van der Waals surface area contributed by atoms with Gasteiger partial charge < -0.3 is 10.4 Å². The molecule has 0 aromatic heterocycles. The summed E-state index contributed by atoms with van der Waals surface area (Å²) < 4.78 is 0. The molecule has 3 heteroatoms. The highest BCUT2D eigenvalue weighted by Crippen LogP contribution is 2.13. The first-order chi connectivity index (χ1) is 13.7. The minimum absolute atomic E-state index is 0.482. The Balaban J connectivity index is 1.90. The van der Waals surface area contributed by atoms with Gasteiger partial charge in [-0.25, -0.2) is 0 Å². The molecule has 0 aliphatic carbocycles. The lowest BCUT2D eigenvalue weighted by molar-refractivity contribution is -0.139. The third-order valence-corrected chi connectivity index (χ3v) is 5.50. The monoisotopic (exact) mass is 389 g/mol. The van der Waals surface area contributed by atoms with Crippen molar-refractivity contribution in [1.82, 2.24) is 5.32 Å². The molecule has 1 aromatic rings. The third-order valence-electron chi connectivity index (χ3n) is 5.50. The second-order valence-corrected chi connectivity index (χ2v) is 8.13. The van der Waals surface area contributed by atoms with Crippen LogP contribution in [0, 0.1) is 0 Å². The summed E-state index contributed by atoms with van der Waals surface area (Å²) in [5, 5.41) is 12.6. The van der Waals surface area contributed by atoms with Crippen molar-refractivity contribution in [3.8, 4) is 0 Å². The van der Waals surface area contributed by atoms with Crippen LogP contribution >= 0.6 is 0 Å². The van der Waals surface area contributed by atoms with Crippen LogP contribution in [0.3, 0.4) is 0 Å². The van der Waals surface area contributed by atoms with Crippen molar-refractivity contribution in [2.75, 3.05) is 6.54 Å². The van der Waals surface area contributed by atoms with Gasteiger partial charge in [0.25, 0.3) is 0 Å². The summed E-state index contributed by atoms with van der Waals surface area (Å²) in [6.07, 6.45) is 19.4. The molecular weight excluding hydrogens is 346 g/mol. The fourth-order valence-electron chi connectivity index (χ4n) is 3.69. The lowest BCUT2D eigenvalue weighted by Crippen LogP contribution is -2.39. The predicted octanol–water partition coefficient (Wildman–Crippen LogP) is 6.75. The van der Waals surface area contributed by atoms with E-state index in [1.807, 2.05) is 30.3 Å². The lowest BCUT2D eigenvalue weighted by atomic mass is 10.0. The van der Waals surface area contributed by atoms with Gasteiger partial charge in [0.1, 0.15) is 6.04 Å². The van der Waals surface area contributed by atoms with Crippen molar-refractivity contribution < 1.29 is 9.90 Å². The van der Waals surface area contributed by atoms with Crippen LogP contribution in [-0.4, -0.2) is 23.7 Å². The maximum Gasteiger partial charge on any atom is 0.321 e. The van der Waals surface area contributed by atoms with Crippen LogP contribution in [0.25, 0.3) is 0 Å². The second kappa shape index (κ2) is 17.7. The summed E-state index contributed by atoms with van der Waals surface area (Å²) in [5.41, 5.74) is 1.07. The van der Waals surface area contributed by atoms with E-state index in [1.54, 1.807) is 0 Å². The number of aliphatic carboxylic acids is 1. The SMILES string of the molecule is CCCCCCCCCCCCCCCCN[C@H](Cc1ccccc1)C(=O)O. The first-order valence-electron chi connectivity index (χ1n) is 11.7. The van der Waals surface area contributed by atoms with Gasteiger partial charge in [-0.15, -0.1) is 0 Å². The van der Waals surface area contributed by atoms with Gasteiger partial charge in [0.05, 0.1) is 0 Å². The third kappa shape index (κ3) is 13.8. The average molecular weight is 390 g/mol. The van der Waals surface area contributed by atoms with Crippen LogP contribution in [0.5, 0.6) is 0 Å². The number of nitrogens with one attached hydrogen (secondary N) is 1. The molecule has 28 heavy (non-hydrogen) atoms. The number of unbranched alkanes of at least 4 members (excludes halogenated alkanes) is 13. The van der Waals surface area contributed by atoms with Crippen LogP contribution in [0.1, 0.15) is 102 Å². The lowest BCUT2D eigenvalue weighted by Gasteiger charge is -2.14. The van der Waals surface area contributed by atoms with Crippen LogP contribution in [0.15, 0.2) is 30.3 Å². The van der Waals surface area contributed by atoms with Crippen LogP contribution < -0.4 is 5.32 Å². The Bertz CT molecular complexity index is 475. The molecule has 0 saturated carbocycles. The van der Waals surface area contributed by atoms with Gasteiger partial charge >= 0.3 is 5.97 Å². The zero-order chi connectivity index (χ0) is 20.3. The van der Waals surface area contributed by atoms with Gasteiger partial charge in [-0.2, -0.15) is 0 Å². The molecule has 0 fully saturated rings. The van der Waals surface area contributed by atoms with E-state index in [0.717, 1.165) is 18.5 Å². The van der Waals surface area contributed by atoms with Crippen LogP contribution in [-0.2, 0) is 11.2 Å². The number of carboxylic acid groups (broad SMARTS) is 1. The van der Waals surface area contributed by atoms with Crippen LogP contribution in [0.2, 0.25) is 0 Å². The Hall–Kier alpha value is -1.35. The molecule has 0 aliphatic rings. The summed E-state index contributed by atoms with van der Waals surface area (Å²) in [4.78, 5) is 11.4. The smallest absolute Gasteiger partial charge is 0.321 e. The minimum Gasteiger partial charge on any atom is -0.480 e. The number of rotatable bonds is 19. The second-order valence-electron chi connectivity index (χ2n) is 8.13. The van der Waals surface area contributed by atoms with E-state index >= 15 is 0 Å². The molecule has 3 nitrogen and oxygen atoms in total. The number of hydrogen-bond acceptors (Lipinski definition) is 2.